The van der Waals surface area contributed by atoms with Gasteiger partial charge in [-0.1, -0.05) is 40.0 Å². The topological polar surface area (TPSA) is 72.0 Å². The summed E-state index contributed by atoms with van der Waals surface area (Å²) >= 11 is 0. The van der Waals surface area contributed by atoms with Gasteiger partial charge in [-0.2, -0.15) is 0 Å². The van der Waals surface area contributed by atoms with Crippen LogP contribution in [0.3, 0.4) is 0 Å². The standard InChI is InChI=1S/C20H31N3O2/c1-14(20(2,3)4)23-19(25)16(15-8-6-5-7-9-15)12-18(24)17-13-21-10-11-22-17/h10-11,13-16H,5-9,12H2,1-4H3,(H,23,25)/t14-,16+/m1/s1. The van der Waals surface area contributed by atoms with E-state index in [1.54, 1.807) is 6.20 Å². The Balaban J connectivity index is 2.12. The van der Waals surface area contributed by atoms with E-state index in [9.17, 15) is 9.59 Å². The van der Waals surface area contributed by atoms with Gasteiger partial charge >= 0.3 is 0 Å². The average molecular weight is 345 g/mol. The molecular weight excluding hydrogens is 314 g/mol. The van der Waals surface area contributed by atoms with Gasteiger partial charge in [-0.25, -0.2) is 4.98 Å². The zero-order valence-corrected chi connectivity index (χ0v) is 15.9. The molecule has 0 radical (unpaired) electrons. The predicted molar refractivity (Wildman–Crippen MR) is 98.1 cm³/mol. The van der Waals surface area contributed by atoms with Crippen molar-refractivity contribution in [3.8, 4) is 0 Å². The molecule has 0 unspecified atom stereocenters. The summed E-state index contributed by atoms with van der Waals surface area (Å²) in [5.41, 5.74) is 0.335. The molecule has 0 saturated heterocycles. The fourth-order valence-corrected chi connectivity index (χ4v) is 3.29. The Hall–Kier alpha value is -1.78. The van der Waals surface area contributed by atoms with Crippen LogP contribution in [0.4, 0.5) is 0 Å². The number of nitrogens with one attached hydrogen (secondary N) is 1. The number of carbonyl (C=O) groups is 2. The molecule has 1 fully saturated rings. The molecule has 0 spiro atoms. The van der Waals surface area contributed by atoms with E-state index in [0.29, 0.717) is 5.69 Å². The van der Waals surface area contributed by atoms with Crippen LogP contribution in [0.25, 0.3) is 0 Å². The first-order valence-electron chi connectivity index (χ1n) is 9.38. The largest absolute Gasteiger partial charge is 0.353 e. The molecule has 2 atom stereocenters. The molecule has 1 amide bonds. The number of Topliss-reactive ketones (excluding diaryl/α,β-unsaturated/α-hetero) is 1. The van der Waals surface area contributed by atoms with Crippen LogP contribution >= 0.6 is 0 Å². The molecule has 0 aromatic carbocycles. The highest BCUT2D eigenvalue weighted by Crippen LogP contribution is 2.33. The van der Waals surface area contributed by atoms with Crippen molar-refractivity contribution in [3.05, 3.63) is 24.3 Å². The third-order valence-corrected chi connectivity index (χ3v) is 5.47. The minimum atomic E-state index is -0.278. The average Bonchev–Trinajstić information content (AvgIpc) is 2.60. The Labute approximate surface area is 151 Å². The molecule has 1 aromatic heterocycles. The molecule has 5 nitrogen and oxygen atoms in total. The van der Waals surface area contributed by atoms with Crippen LogP contribution < -0.4 is 5.32 Å². The second kappa shape index (κ2) is 8.54. The van der Waals surface area contributed by atoms with Gasteiger partial charge in [-0.05, 0) is 31.1 Å². The maximum Gasteiger partial charge on any atom is 0.224 e. The maximum absolute atomic E-state index is 13.0. The number of amides is 1. The number of aromatic nitrogens is 2. The van der Waals surface area contributed by atoms with E-state index in [0.717, 1.165) is 25.7 Å². The second-order valence-corrected chi connectivity index (χ2v) is 8.32. The summed E-state index contributed by atoms with van der Waals surface area (Å²) in [5, 5.41) is 3.15. The van der Waals surface area contributed by atoms with Crippen molar-refractivity contribution >= 4 is 11.7 Å². The monoisotopic (exact) mass is 345 g/mol. The third-order valence-electron chi connectivity index (χ3n) is 5.47. The van der Waals surface area contributed by atoms with Crippen molar-refractivity contribution in [3.63, 3.8) is 0 Å². The van der Waals surface area contributed by atoms with Gasteiger partial charge in [0, 0.05) is 30.8 Å². The normalized spacial score (nSPS) is 18.4. The number of carbonyl (C=O) groups excluding carboxylic acids is 2. The maximum atomic E-state index is 13.0. The fourth-order valence-electron chi connectivity index (χ4n) is 3.29. The number of ketones is 1. The lowest BCUT2D eigenvalue weighted by molar-refractivity contribution is -0.128. The van der Waals surface area contributed by atoms with Crippen molar-refractivity contribution in [2.75, 3.05) is 0 Å². The first-order chi connectivity index (χ1) is 11.8. The van der Waals surface area contributed by atoms with Crippen LogP contribution in [0.5, 0.6) is 0 Å². The Morgan fingerprint density at radius 2 is 1.88 bits per heavy atom. The van der Waals surface area contributed by atoms with E-state index in [2.05, 4.69) is 36.1 Å². The molecule has 5 heteroatoms. The van der Waals surface area contributed by atoms with E-state index >= 15 is 0 Å². The summed E-state index contributed by atoms with van der Waals surface area (Å²) in [5.74, 6) is -0.0880. The summed E-state index contributed by atoms with van der Waals surface area (Å²) in [6.07, 6.45) is 10.3. The van der Waals surface area contributed by atoms with E-state index < -0.39 is 0 Å². The summed E-state index contributed by atoms with van der Waals surface area (Å²) in [4.78, 5) is 33.6. The zero-order valence-electron chi connectivity index (χ0n) is 15.9. The summed E-state index contributed by atoms with van der Waals surface area (Å²) in [6.45, 7) is 8.36. The Morgan fingerprint density at radius 3 is 2.44 bits per heavy atom. The number of hydrogen-bond acceptors (Lipinski definition) is 4. The highest BCUT2D eigenvalue weighted by atomic mass is 16.2. The van der Waals surface area contributed by atoms with Crippen LogP contribution in [-0.2, 0) is 4.79 Å². The lowest BCUT2D eigenvalue weighted by Gasteiger charge is -2.33. The summed E-state index contributed by atoms with van der Waals surface area (Å²) in [7, 11) is 0. The molecule has 0 aliphatic heterocycles. The van der Waals surface area contributed by atoms with Crippen LogP contribution in [0, 0.1) is 17.3 Å². The van der Waals surface area contributed by atoms with Crippen LogP contribution in [0.15, 0.2) is 18.6 Å². The zero-order chi connectivity index (χ0) is 18.4. The van der Waals surface area contributed by atoms with Crippen molar-refractivity contribution in [1.29, 1.82) is 0 Å². The van der Waals surface area contributed by atoms with Gasteiger partial charge < -0.3 is 5.32 Å². The smallest absolute Gasteiger partial charge is 0.224 e. The van der Waals surface area contributed by atoms with Crippen LogP contribution in [-0.4, -0.2) is 27.7 Å². The lowest BCUT2D eigenvalue weighted by atomic mass is 9.76. The predicted octanol–water partition coefficient (Wildman–Crippen LogP) is 3.80. The van der Waals surface area contributed by atoms with E-state index in [-0.39, 0.29) is 41.4 Å². The summed E-state index contributed by atoms with van der Waals surface area (Å²) in [6, 6.07) is 0.0534. The molecule has 25 heavy (non-hydrogen) atoms. The van der Waals surface area contributed by atoms with E-state index in [1.165, 1.54) is 18.8 Å². The molecular formula is C20H31N3O2. The first-order valence-corrected chi connectivity index (χ1v) is 9.38. The highest BCUT2D eigenvalue weighted by molar-refractivity contribution is 5.97. The molecule has 1 N–H and O–H groups in total. The van der Waals surface area contributed by atoms with E-state index in [1.807, 2.05) is 6.92 Å². The molecule has 1 heterocycles. The SMILES string of the molecule is C[C@@H](NC(=O)[C@@H](CC(=O)c1cnccn1)C1CCCCC1)C(C)(C)C. The molecule has 1 aromatic rings. The van der Waals surface area contributed by atoms with E-state index in [4.69, 9.17) is 0 Å². The van der Waals surface area contributed by atoms with Gasteiger partial charge in [0.25, 0.3) is 0 Å². The minimum absolute atomic E-state index is 0.00608. The highest BCUT2D eigenvalue weighted by Gasteiger charge is 2.34. The van der Waals surface area contributed by atoms with Gasteiger partial charge in [-0.3, -0.25) is 14.6 Å². The molecule has 1 aliphatic rings. The molecule has 1 aliphatic carbocycles. The second-order valence-electron chi connectivity index (χ2n) is 8.32. The number of hydrogen-bond donors (Lipinski definition) is 1. The van der Waals surface area contributed by atoms with Gasteiger partial charge in [0.2, 0.25) is 5.91 Å². The Morgan fingerprint density at radius 1 is 1.20 bits per heavy atom. The third kappa shape index (κ3) is 5.62. The van der Waals surface area contributed by atoms with Gasteiger partial charge in [-0.15, -0.1) is 0 Å². The van der Waals surface area contributed by atoms with Gasteiger partial charge in [0.15, 0.2) is 5.78 Å². The Kier molecular flexibility index (Phi) is 6.68. The fraction of sp³-hybridized carbons (Fsp3) is 0.700. The van der Waals surface area contributed by atoms with Gasteiger partial charge in [0.05, 0.1) is 6.20 Å². The molecule has 138 valence electrons. The van der Waals surface area contributed by atoms with Crippen LogP contribution in [0.2, 0.25) is 0 Å². The van der Waals surface area contributed by atoms with Crippen molar-refractivity contribution in [1.82, 2.24) is 15.3 Å². The van der Waals surface area contributed by atoms with Crippen molar-refractivity contribution < 1.29 is 9.59 Å². The van der Waals surface area contributed by atoms with Crippen molar-refractivity contribution in [2.45, 2.75) is 72.3 Å². The quantitative estimate of drug-likeness (QED) is 0.796. The number of rotatable bonds is 6. The van der Waals surface area contributed by atoms with Crippen molar-refractivity contribution in [2.24, 2.45) is 17.3 Å². The minimum Gasteiger partial charge on any atom is -0.353 e. The van der Waals surface area contributed by atoms with Gasteiger partial charge in [0.1, 0.15) is 5.69 Å². The lowest BCUT2D eigenvalue weighted by Crippen LogP contribution is -2.46. The number of nitrogens with zero attached hydrogens (tertiary/aromatic N) is 2. The van der Waals surface area contributed by atoms with Crippen LogP contribution in [0.1, 0.15) is 76.7 Å². The molecule has 0 bridgehead atoms. The molecule has 1 saturated carbocycles. The Bertz CT molecular complexity index is 574. The molecule has 2 rings (SSSR count). The summed E-state index contributed by atoms with van der Waals surface area (Å²) < 4.78 is 0. The first kappa shape index (κ1) is 19.5.